The number of hydrogen-bond donors (Lipinski definition) is 2. The van der Waals surface area contributed by atoms with Gasteiger partial charge in [-0.15, -0.1) is 0 Å². The first-order valence-electron chi connectivity index (χ1n) is 22.1. The molecule has 1 unspecified atom stereocenters. The van der Waals surface area contributed by atoms with Crippen LogP contribution >= 0.6 is 8.53 Å². The first kappa shape index (κ1) is 52.0. The van der Waals surface area contributed by atoms with E-state index in [1.807, 2.05) is 107 Å². The van der Waals surface area contributed by atoms with Gasteiger partial charge in [0.05, 0.1) is 49.7 Å². The largest absolute Gasteiger partial charge is 0.497 e. The minimum atomic E-state index is -4.17. The lowest BCUT2D eigenvalue weighted by Crippen LogP contribution is -2.34. The van der Waals surface area contributed by atoms with Crippen LogP contribution in [0, 0.1) is 11.3 Å². The third kappa shape index (κ3) is 11.9. The van der Waals surface area contributed by atoms with E-state index < -0.39 is 45.7 Å². The monoisotopic (exact) mass is 984 g/mol. The Kier molecular flexibility index (Phi) is 17.8. The van der Waals surface area contributed by atoms with Gasteiger partial charge >= 0.3 is 0 Å². The first-order valence-corrected chi connectivity index (χ1v) is 26.2. The maximum Gasteiger partial charge on any atom is 0.259 e. The molecule has 1 aliphatic carbocycles. The van der Waals surface area contributed by atoms with Gasteiger partial charge in [-0.05, 0) is 118 Å². The molecule has 6 rings (SSSR count). The van der Waals surface area contributed by atoms with Crippen LogP contribution in [0.4, 0.5) is 0 Å². The van der Waals surface area contributed by atoms with E-state index in [-0.39, 0.29) is 89.9 Å². The molecule has 0 spiro atoms. The number of nitrogens with zero attached hydrogens (tertiary/aromatic N) is 2. The molecule has 0 radical (unpaired) electrons. The van der Waals surface area contributed by atoms with Crippen LogP contribution in [0.2, 0.25) is 0 Å². The molecule has 0 aromatic heterocycles. The van der Waals surface area contributed by atoms with Gasteiger partial charge in [-0.1, -0.05) is 54.6 Å². The van der Waals surface area contributed by atoms with Crippen molar-refractivity contribution in [1.82, 2.24) is 14.1 Å². The second-order valence-corrected chi connectivity index (χ2v) is 21.3. The molecule has 15 nitrogen and oxygen atoms in total. The van der Waals surface area contributed by atoms with Gasteiger partial charge in [-0.25, -0.2) is 31.0 Å². The van der Waals surface area contributed by atoms with Crippen LogP contribution in [0.25, 0.3) is 0 Å². The van der Waals surface area contributed by atoms with E-state index in [4.69, 9.17) is 28.5 Å². The number of sulfonamides is 2. The van der Waals surface area contributed by atoms with Gasteiger partial charge < -0.3 is 23.3 Å². The second-order valence-electron chi connectivity index (χ2n) is 16.3. The Balaban J connectivity index is 1.10. The van der Waals surface area contributed by atoms with Gasteiger partial charge in [0, 0.05) is 54.0 Å². The van der Waals surface area contributed by atoms with E-state index in [2.05, 4.69) is 20.2 Å². The summed E-state index contributed by atoms with van der Waals surface area (Å²) in [4.78, 5) is 27.2. The molecule has 5 aromatic carbocycles. The average molecular weight is 985 g/mol. The fourth-order valence-corrected chi connectivity index (χ4v) is 11.8. The Morgan fingerprint density at radius 1 is 0.603 bits per heavy atom. The maximum absolute atomic E-state index is 13.8. The summed E-state index contributed by atoms with van der Waals surface area (Å²) in [5, 5.41) is 8.96. The zero-order chi connectivity index (χ0) is 49.1. The first-order chi connectivity index (χ1) is 32.6. The standard InChI is InChI=1S/C50H57N4O11PS2/c1-35(2)54(36(3)4)66(64-31-10-27-51)65-32-12-29-53-68(59,60)43-24-26-45-47(34-43)49(56)44-25-23-42(33-46(44)48(45)55)67(57,58)52-28-11-30-63-50(37-13-8-7-9-14-37,38-15-19-40(61-5)20-16-38)39-17-21-41(62-6)22-18-39/h7-9,13-26,33-36,52-53H,10-12,28-32H2,1-6H3. The Labute approximate surface area is 400 Å². The summed E-state index contributed by atoms with van der Waals surface area (Å²) in [6.45, 7) is 8.58. The summed E-state index contributed by atoms with van der Waals surface area (Å²) in [5.41, 5.74) is 1.08. The van der Waals surface area contributed by atoms with Crippen LogP contribution in [0.1, 0.15) is 95.5 Å². The third-order valence-electron chi connectivity index (χ3n) is 11.2. The van der Waals surface area contributed by atoms with Crippen LogP contribution in [-0.2, 0) is 39.4 Å². The van der Waals surface area contributed by atoms with Gasteiger partial charge in [-0.2, -0.15) is 5.26 Å². The van der Waals surface area contributed by atoms with Crippen molar-refractivity contribution in [3.63, 3.8) is 0 Å². The highest BCUT2D eigenvalue weighted by molar-refractivity contribution is 7.89. The number of nitrogens with one attached hydrogen (secondary N) is 2. The number of hydrogen-bond acceptors (Lipinski definition) is 13. The van der Waals surface area contributed by atoms with Gasteiger partial charge in [0.2, 0.25) is 20.0 Å². The van der Waals surface area contributed by atoms with E-state index in [1.54, 1.807) is 14.2 Å². The highest BCUT2D eigenvalue weighted by Crippen LogP contribution is 2.46. The number of rotatable bonds is 25. The number of benzene rings is 5. The van der Waals surface area contributed by atoms with Gasteiger partial charge in [-0.3, -0.25) is 9.59 Å². The molecule has 1 atom stereocenters. The van der Waals surface area contributed by atoms with Gasteiger partial charge in [0.25, 0.3) is 8.53 Å². The normalized spacial score (nSPS) is 13.4. The van der Waals surface area contributed by atoms with Crippen LogP contribution in [0.3, 0.4) is 0 Å². The Morgan fingerprint density at radius 2 is 1.04 bits per heavy atom. The molecule has 5 aromatic rings. The fraction of sp³-hybridized carbons (Fsp3) is 0.340. The molecule has 0 aliphatic heterocycles. The highest BCUT2D eigenvalue weighted by Gasteiger charge is 2.38. The van der Waals surface area contributed by atoms with E-state index in [9.17, 15) is 26.4 Å². The topological polar surface area (TPSA) is 200 Å². The molecule has 1 aliphatic rings. The minimum absolute atomic E-state index is 0.0139. The molecule has 18 heteroatoms. The molecule has 0 amide bonds. The molecule has 0 saturated heterocycles. The minimum Gasteiger partial charge on any atom is -0.497 e. The molecule has 0 heterocycles. The van der Waals surface area contributed by atoms with Crippen molar-refractivity contribution >= 4 is 40.1 Å². The summed E-state index contributed by atoms with van der Waals surface area (Å²) in [6, 6.07) is 34.5. The molecule has 0 bridgehead atoms. The van der Waals surface area contributed by atoms with Crippen LogP contribution in [0.5, 0.6) is 11.5 Å². The Bertz CT molecular complexity index is 2750. The van der Waals surface area contributed by atoms with Crippen molar-refractivity contribution in [2.45, 2.75) is 74.4 Å². The number of ether oxygens (including phenoxy) is 3. The number of carbonyl (C=O) groups is 2. The Hall–Kier alpha value is -5.38. The van der Waals surface area contributed by atoms with E-state index in [0.29, 0.717) is 17.9 Å². The summed E-state index contributed by atoms with van der Waals surface area (Å²) >= 11 is 0. The lowest BCUT2D eigenvalue weighted by atomic mass is 9.80. The Morgan fingerprint density at radius 3 is 1.49 bits per heavy atom. The van der Waals surface area contributed by atoms with Crippen molar-refractivity contribution in [3.8, 4) is 17.6 Å². The summed E-state index contributed by atoms with van der Waals surface area (Å²) in [6.07, 6.45) is 0.777. The van der Waals surface area contributed by atoms with Crippen molar-refractivity contribution in [3.05, 3.63) is 154 Å². The molecular weight excluding hydrogens is 928 g/mol. The highest BCUT2D eigenvalue weighted by atomic mass is 32.2. The predicted molar refractivity (Wildman–Crippen MR) is 259 cm³/mol. The quantitative estimate of drug-likeness (QED) is 0.0317. The smallest absolute Gasteiger partial charge is 0.259 e. The van der Waals surface area contributed by atoms with Crippen molar-refractivity contribution < 1.29 is 49.7 Å². The van der Waals surface area contributed by atoms with E-state index in [1.165, 1.54) is 30.3 Å². The third-order valence-corrected chi connectivity index (χ3v) is 16.2. The maximum atomic E-state index is 13.8. The molecule has 360 valence electrons. The van der Waals surface area contributed by atoms with Gasteiger partial charge in [0.1, 0.15) is 17.1 Å². The molecule has 68 heavy (non-hydrogen) atoms. The number of nitriles is 1. The van der Waals surface area contributed by atoms with E-state index in [0.717, 1.165) is 22.8 Å². The van der Waals surface area contributed by atoms with Gasteiger partial charge in [0.15, 0.2) is 11.6 Å². The molecule has 2 N–H and O–H groups in total. The number of carbonyl (C=O) groups excluding carboxylic acids is 2. The molecule has 0 fully saturated rings. The fourth-order valence-electron chi connectivity index (χ4n) is 7.92. The number of methoxy groups -OCH3 is 2. The molecule has 0 saturated carbocycles. The van der Waals surface area contributed by atoms with Crippen molar-refractivity contribution in [2.24, 2.45) is 0 Å². The second kappa shape index (κ2) is 23.3. The average Bonchev–Trinajstić information content (AvgIpc) is 3.34. The zero-order valence-electron chi connectivity index (χ0n) is 38.9. The SMILES string of the molecule is COc1ccc(C(OCCCNS(=O)(=O)c2ccc3c(c2)C(=O)c2ccc(S(=O)(=O)NCCCOP(OCCC#N)N(C(C)C)C(C)C)cc2C3=O)(c2ccccc2)c2ccc(OC)cc2)cc1. The van der Waals surface area contributed by atoms with Crippen molar-refractivity contribution in [1.29, 1.82) is 5.26 Å². The number of ketones is 2. The lowest BCUT2D eigenvalue weighted by molar-refractivity contribution is 0.0121. The van der Waals surface area contributed by atoms with Crippen LogP contribution < -0.4 is 18.9 Å². The molecular formula is C50H57N4O11PS2. The summed E-state index contributed by atoms with van der Waals surface area (Å²) in [5.74, 6) is 0.112. The van der Waals surface area contributed by atoms with Crippen LogP contribution in [-0.4, -0.2) is 92.3 Å². The zero-order valence-corrected chi connectivity index (χ0v) is 41.5. The number of fused-ring (bicyclic) bond motifs is 2. The van der Waals surface area contributed by atoms with Crippen molar-refractivity contribution in [2.75, 3.05) is 47.1 Å². The summed E-state index contributed by atoms with van der Waals surface area (Å²) in [7, 11) is -6.60. The van der Waals surface area contributed by atoms with E-state index >= 15 is 0 Å². The summed E-state index contributed by atoms with van der Waals surface area (Å²) < 4.78 is 90.9. The lowest BCUT2D eigenvalue weighted by Gasteiger charge is -2.36. The van der Waals surface area contributed by atoms with Crippen LogP contribution in [0.15, 0.2) is 125 Å². The predicted octanol–water partition coefficient (Wildman–Crippen LogP) is 8.12.